The zero-order chi connectivity index (χ0) is 19.8. The van der Waals surface area contributed by atoms with Crippen LogP contribution in [0.25, 0.3) is 10.8 Å². The van der Waals surface area contributed by atoms with E-state index in [1.54, 1.807) is 6.92 Å². The van der Waals surface area contributed by atoms with Gasteiger partial charge < -0.3 is 15.2 Å². The smallest absolute Gasteiger partial charge is 0.340 e. The second-order valence-corrected chi connectivity index (χ2v) is 7.70. The van der Waals surface area contributed by atoms with Crippen LogP contribution in [0.2, 0.25) is 0 Å². The van der Waals surface area contributed by atoms with Gasteiger partial charge in [-0.2, -0.15) is 0 Å². The molecule has 4 nitrogen and oxygen atoms in total. The molecule has 0 spiro atoms. The molecule has 1 aliphatic heterocycles. The van der Waals surface area contributed by atoms with Crippen molar-refractivity contribution in [2.24, 2.45) is 5.73 Å². The average molecular weight is 438 g/mol. The highest BCUT2D eigenvalue weighted by atomic mass is 79.9. The molecule has 1 atom stereocenters. The summed E-state index contributed by atoms with van der Waals surface area (Å²) in [6, 6.07) is 18.1. The summed E-state index contributed by atoms with van der Waals surface area (Å²) in [5.74, 6) is -0.0717. The quantitative estimate of drug-likeness (QED) is 0.574. The van der Waals surface area contributed by atoms with Crippen molar-refractivity contribution in [3.05, 3.63) is 87.2 Å². The van der Waals surface area contributed by atoms with Crippen LogP contribution in [0, 0.1) is 6.92 Å². The van der Waals surface area contributed by atoms with Crippen molar-refractivity contribution < 1.29 is 14.3 Å². The van der Waals surface area contributed by atoms with Crippen LogP contribution in [-0.4, -0.2) is 12.6 Å². The van der Waals surface area contributed by atoms with Crippen LogP contribution in [0.15, 0.2) is 70.5 Å². The van der Waals surface area contributed by atoms with Crippen molar-refractivity contribution >= 4 is 32.7 Å². The molecule has 0 aromatic heterocycles. The third-order valence-corrected chi connectivity index (χ3v) is 5.45. The first-order chi connectivity index (χ1) is 13.5. The summed E-state index contributed by atoms with van der Waals surface area (Å²) >= 11 is 3.53. The second-order valence-electron chi connectivity index (χ2n) is 6.79. The molecule has 0 saturated carbocycles. The molecule has 3 aromatic carbocycles. The van der Waals surface area contributed by atoms with Gasteiger partial charge in [-0.05, 0) is 48.4 Å². The van der Waals surface area contributed by atoms with Gasteiger partial charge in [-0.1, -0.05) is 57.9 Å². The summed E-state index contributed by atoms with van der Waals surface area (Å²) in [5.41, 5.74) is 9.58. The molecule has 0 saturated heterocycles. The Kier molecular flexibility index (Phi) is 4.85. The summed E-state index contributed by atoms with van der Waals surface area (Å²) in [4.78, 5) is 12.8. The Morgan fingerprint density at radius 3 is 2.61 bits per heavy atom. The lowest BCUT2D eigenvalue weighted by Crippen LogP contribution is -2.27. The van der Waals surface area contributed by atoms with Gasteiger partial charge in [-0.25, -0.2) is 4.79 Å². The number of esters is 1. The minimum Gasteiger partial charge on any atom is -0.462 e. The summed E-state index contributed by atoms with van der Waals surface area (Å²) in [7, 11) is 0. The molecule has 1 unspecified atom stereocenters. The Morgan fingerprint density at radius 1 is 1.14 bits per heavy atom. The molecule has 0 amide bonds. The lowest BCUT2D eigenvalue weighted by Gasteiger charge is -2.29. The molecule has 5 heteroatoms. The van der Waals surface area contributed by atoms with Crippen molar-refractivity contribution in [2.75, 3.05) is 6.61 Å². The van der Waals surface area contributed by atoms with Crippen molar-refractivity contribution in [3.63, 3.8) is 0 Å². The van der Waals surface area contributed by atoms with E-state index >= 15 is 0 Å². The third kappa shape index (κ3) is 3.16. The van der Waals surface area contributed by atoms with Gasteiger partial charge in [-0.15, -0.1) is 0 Å². The number of halogens is 1. The maximum Gasteiger partial charge on any atom is 0.340 e. The number of hydrogen-bond donors (Lipinski definition) is 1. The minimum atomic E-state index is -0.453. The number of hydrogen-bond acceptors (Lipinski definition) is 4. The minimum absolute atomic E-state index is 0.0907. The van der Waals surface area contributed by atoms with Crippen molar-refractivity contribution in [1.82, 2.24) is 0 Å². The highest BCUT2D eigenvalue weighted by molar-refractivity contribution is 9.10. The fourth-order valence-corrected chi connectivity index (χ4v) is 4.05. The average Bonchev–Trinajstić information content (AvgIpc) is 2.67. The topological polar surface area (TPSA) is 61.5 Å². The molecular formula is C23H20BrNO3. The number of benzene rings is 3. The van der Waals surface area contributed by atoms with Gasteiger partial charge in [0, 0.05) is 10.0 Å². The van der Waals surface area contributed by atoms with Gasteiger partial charge in [0.1, 0.15) is 11.3 Å². The summed E-state index contributed by atoms with van der Waals surface area (Å²) in [6.07, 6.45) is 0. The molecular weight excluding hydrogens is 418 g/mol. The molecule has 0 fully saturated rings. The first-order valence-corrected chi connectivity index (χ1v) is 9.92. The highest BCUT2D eigenvalue weighted by Gasteiger charge is 2.36. The Labute approximate surface area is 172 Å². The Bertz CT molecular complexity index is 1100. The number of nitrogens with two attached hydrogens (primary N) is 1. The Morgan fingerprint density at radius 2 is 1.89 bits per heavy atom. The van der Waals surface area contributed by atoms with E-state index in [2.05, 4.69) is 15.9 Å². The predicted molar refractivity (Wildman–Crippen MR) is 113 cm³/mol. The third-order valence-electron chi connectivity index (χ3n) is 4.95. The van der Waals surface area contributed by atoms with Crippen molar-refractivity contribution in [1.29, 1.82) is 0 Å². The predicted octanol–water partition coefficient (Wildman–Crippen LogP) is 5.17. The SMILES string of the molecule is CCOC(=O)C1=C(N)Oc2ccc3cc(Br)ccc3c2C1c1ccc(C)cc1. The van der Waals surface area contributed by atoms with E-state index in [9.17, 15) is 4.79 Å². The first-order valence-electron chi connectivity index (χ1n) is 9.13. The number of rotatable bonds is 3. The first kappa shape index (κ1) is 18.6. The normalized spacial score (nSPS) is 15.9. The van der Waals surface area contributed by atoms with Crippen LogP contribution < -0.4 is 10.5 Å². The standard InChI is InChI=1S/C23H20BrNO3/c1-3-27-23(26)21-19(14-6-4-13(2)5-7-14)20-17-10-9-16(24)12-15(17)8-11-18(20)28-22(21)25/h4-12,19H,3,25H2,1-2H3. The molecule has 4 rings (SSSR count). The lowest BCUT2D eigenvalue weighted by molar-refractivity contribution is -0.139. The van der Waals surface area contributed by atoms with Gasteiger partial charge in [-0.3, -0.25) is 0 Å². The van der Waals surface area contributed by atoms with Crippen LogP contribution in [0.5, 0.6) is 5.75 Å². The van der Waals surface area contributed by atoms with Gasteiger partial charge in [0.15, 0.2) is 0 Å². The van der Waals surface area contributed by atoms with Crippen LogP contribution in [-0.2, 0) is 9.53 Å². The molecule has 28 heavy (non-hydrogen) atoms. The molecule has 0 aliphatic carbocycles. The maximum absolute atomic E-state index is 12.8. The van der Waals surface area contributed by atoms with Crippen LogP contribution in [0.4, 0.5) is 0 Å². The zero-order valence-corrected chi connectivity index (χ0v) is 17.2. The number of fused-ring (bicyclic) bond motifs is 3. The molecule has 1 aliphatic rings. The van der Waals surface area contributed by atoms with Gasteiger partial charge in [0.25, 0.3) is 0 Å². The van der Waals surface area contributed by atoms with Crippen LogP contribution >= 0.6 is 15.9 Å². The molecule has 142 valence electrons. The van der Waals surface area contributed by atoms with Crippen LogP contribution in [0.3, 0.4) is 0 Å². The largest absolute Gasteiger partial charge is 0.462 e. The van der Waals surface area contributed by atoms with Gasteiger partial charge in [0.2, 0.25) is 5.88 Å². The van der Waals surface area contributed by atoms with Gasteiger partial charge >= 0.3 is 5.97 Å². The van der Waals surface area contributed by atoms with Crippen molar-refractivity contribution in [2.45, 2.75) is 19.8 Å². The van der Waals surface area contributed by atoms with Crippen molar-refractivity contribution in [3.8, 4) is 5.75 Å². The highest BCUT2D eigenvalue weighted by Crippen LogP contribution is 2.46. The van der Waals surface area contributed by atoms with Gasteiger partial charge in [0.05, 0.1) is 12.5 Å². The van der Waals surface area contributed by atoms with Crippen LogP contribution in [0.1, 0.15) is 29.5 Å². The Hall–Kier alpha value is -2.79. The number of ether oxygens (including phenoxy) is 2. The summed E-state index contributed by atoms with van der Waals surface area (Å²) < 4.78 is 12.2. The second kappa shape index (κ2) is 7.32. The molecule has 0 radical (unpaired) electrons. The molecule has 0 bridgehead atoms. The molecule has 2 N–H and O–H groups in total. The monoisotopic (exact) mass is 437 g/mol. The van der Waals surface area contributed by atoms with E-state index in [1.165, 1.54) is 0 Å². The van der Waals surface area contributed by atoms with E-state index < -0.39 is 5.97 Å². The zero-order valence-electron chi connectivity index (χ0n) is 15.7. The van der Waals surface area contributed by atoms with E-state index in [0.29, 0.717) is 11.3 Å². The summed E-state index contributed by atoms with van der Waals surface area (Å²) in [5, 5.41) is 2.07. The lowest BCUT2D eigenvalue weighted by atomic mass is 9.80. The number of carbonyl (C=O) groups excluding carboxylic acids is 1. The number of aryl methyl sites for hydroxylation is 1. The summed E-state index contributed by atoms with van der Waals surface area (Å²) in [6.45, 7) is 4.08. The Balaban J connectivity index is 2.01. The molecule has 3 aromatic rings. The maximum atomic E-state index is 12.8. The van der Waals surface area contributed by atoms with E-state index in [-0.39, 0.29) is 18.4 Å². The van der Waals surface area contributed by atoms with E-state index in [0.717, 1.165) is 31.9 Å². The number of carbonyl (C=O) groups is 1. The molecule has 1 heterocycles. The van der Waals surface area contributed by atoms with E-state index in [4.69, 9.17) is 15.2 Å². The fourth-order valence-electron chi connectivity index (χ4n) is 3.67. The van der Waals surface area contributed by atoms with E-state index in [1.807, 2.05) is 61.5 Å². The fraction of sp³-hybridized carbons (Fsp3) is 0.174.